The molecule has 1 heterocycles. The Labute approximate surface area is 228 Å². The fourth-order valence-corrected chi connectivity index (χ4v) is 4.30. The highest BCUT2D eigenvalue weighted by Gasteiger charge is 2.26. The van der Waals surface area contributed by atoms with Gasteiger partial charge in [0.1, 0.15) is 5.69 Å². The summed E-state index contributed by atoms with van der Waals surface area (Å²) in [4.78, 5) is 39.0. The lowest BCUT2D eigenvalue weighted by Gasteiger charge is -2.24. The van der Waals surface area contributed by atoms with Gasteiger partial charge in [0.05, 0.1) is 22.6 Å². The number of rotatable bonds is 9. The number of hydrogen-bond acceptors (Lipinski definition) is 4. The van der Waals surface area contributed by atoms with E-state index in [1.807, 2.05) is 70.2 Å². The molecule has 0 aliphatic carbocycles. The first-order valence-corrected chi connectivity index (χ1v) is 12.9. The van der Waals surface area contributed by atoms with Crippen molar-refractivity contribution in [1.82, 2.24) is 14.7 Å². The number of nitrogens with zero attached hydrogens (tertiary/aromatic N) is 2. The molecule has 0 aliphatic heterocycles. The SMILES string of the molecule is Cc1c(NC(=O)CC(C)(C)CNC(=O)c2cc(Cl)cc(/C=C\C(C)C)c2N)c(=O)n(-c2ccccc2)n1C. The van der Waals surface area contributed by atoms with E-state index in [9.17, 15) is 14.4 Å². The van der Waals surface area contributed by atoms with E-state index in [0.717, 1.165) is 0 Å². The first-order chi connectivity index (χ1) is 17.8. The van der Waals surface area contributed by atoms with E-state index in [1.165, 1.54) is 10.7 Å². The van der Waals surface area contributed by atoms with Crippen molar-refractivity contribution in [3.05, 3.63) is 80.7 Å². The zero-order valence-electron chi connectivity index (χ0n) is 22.8. The van der Waals surface area contributed by atoms with Crippen LogP contribution in [0, 0.1) is 18.3 Å². The Morgan fingerprint density at radius 3 is 2.45 bits per heavy atom. The molecule has 0 unspecified atom stereocenters. The van der Waals surface area contributed by atoms with Crippen molar-refractivity contribution in [3.8, 4) is 5.69 Å². The maximum Gasteiger partial charge on any atom is 0.295 e. The minimum atomic E-state index is -0.603. The van der Waals surface area contributed by atoms with Gasteiger partial charge < -0.3 is 16.4 Å². The number of nitrogens with one attached hydrogen (secondary N) is 2. The third-order valence-corrected chi connectivity index (χ3v) is 6.49. The topological polar surface area (TPSA) is 111 Å². The molecule has 202 valence electrons. The Balaban J connectivity index is 1.69. The quantitative estimate of drug-likeness (QED) is 0.327. The van der Waals surface area contributed by atoms with E-state index in [2.05, 4.69) is 10.6 Å². The van der Waals surface area contributed by atoms with Gasteiger partial charge in [-0.1, -0.05) is 69.6 Å². The molecule has 2 aromatic carbocycles. The minimum Gasteiger partial charge on any atom is -0.398 e. The van der Waals surface area contributed by atoms with Gasteiger partial charge in [0, 0.05) is 25.0 Å². The molecular formula is C29H36ClN5O3. The molecule has 4 N–H and O–H groups in total. The highest BCUT2D eigenvalue weighted by molar-refractivity contribution is 6.31. The minimum absolute atomic E-state index is 0.0831. The number of carbonyl (C=O) groups is 2. The molecule has 1 aromatic heterocycles. The number of allylic oxidation sites excluding steroid dienone is 1. The number of halogens is 1. The summed E-state index contributed by atoms with van der Waals surface area (Å²) in [7, 11) is 1.77. The van der Waals surface area contributed by atoms with E-state index >= 15 is 0 Å². The van der Waals surface area contributed by atoms with Crippen LogP contribution in [-0.4, -0.2) is 27.7 Å². The number of para-hydroxylation sites is 1. The Kier molecular flexibility index (Phi) is 8.89. The van der Waals surface area contributed by atoms with Gasteiger partial charge in [-0.25, -0.2) is 4.68 Å². The summed E-state index contributed by atoms with van der Waals surface area (Å²) in [5.74, 6) is -0.375. The normalized spacial score (nSPS) is 11.8. The number of hydrogen-bond donors (Lipinski definition) is 3. The van der Waals surface area contributed by atoms with Gasteiger partial charge in [-0.05, 0) is 48.1 Å². The molecule has 3 aromatic rings. The van der Waals surface area contributed by atoms with Crippen LogP contribution in [0.5, 0.6) is 0 Å². The summed E-state index contributed by atoms with van der Waals surface area (Å²) < 4.78 is 3.22. The third kappa shape index (κ3) is 6.75. The smallest absolute Gasteiger partial charge is 0.295 e. The zero-order valence-corrected chi connectivity index (χ0v) is 23.5. The predicted octanol–water partition coefficient (Wildman–Crippen LogP) is 5.17. The Bertz CT molecular complexity index is 1420. The van der Waals surface area contributed by atoms with E-state index in [1.54, 1.807) is 24.7 Å². The van der Waals surface area contributed by atoms with Crippen molar-refractivity contribution in [2.45, 2.75) is 41.0 Å². The average molecular weight is 538 g/mol. The van der Waals surface area contributed by atoms with Crippen molar-refractivity contribution < 1.29 is 9.59 Å². The molecule has 8 nitrogen and oxygen atoms in total. The molecule has 0 aliphatic rings. The van der Waals surface area contributed by atoms with Gasteiger partial charge in [0.2, 0.25) is 5.91 Å². The van der Waals surface area contributed by atoms with E-state index < -0.39 is 5.41 Å². The van der Waals surface area contributed by atoms with Gasteiger partial charge in [-0.15, -0.1) is 0 Å². The maximum absolute atomic E-state index is 13.1. The van der Waals surface area contributed by atoms with E-state index in [4.69, 9.17) is 17.3 Å². The molecule has 2 amide bonds. The summed E-state index contributed by atoms with van der Waals surface area (Å²) in [6.07, 6.45) is 3.92. The van der Waals surface area contributed by atoms with Crippen LogP contribution >= 0.6 is 11.6 Å². The molecule has 9 heteroatoms. The monoisotopic (exact) mass is 537 g/mol. The molecule has 0 radical (unpaired) electrons. The van der Waals surface area contributed by atoms with E-state index in [-0.39, 0.29) is 41.6 Å². The van der Waals surface area contributed by atoms with Crippen LogP contribution in [0.3, 0.4) is 0 Å². The van der Waals surface area contributed by atoms with Gasteiger partial charge in [-0.2, -0.15) is 0 Å². The Hall–Kier alpha value is -3.78. The van der Waals surface area contributed by atoms with Crippen LogP contribution in [0.1, 0.15) is 55.7 Å². The standard InChI is InChI=1S/C29H36ClN5O3/c1-18(2)12-13-20-14-21(30)15-23(25(20)31)27(37)32-17-29(4,5)16-24(36)33-26-19(3)34(6)35(28(26)38)22-10-8-7-9-11-22/h7-15,18H,16-17,31H2,1-6H3,(H,32,37)(H,33,36)/b13-12-. The molecule has 0 spiro atoms. The van der Waals surface area contributed by atoms with Crippen LogP contribution in [0.15, 0.2) is 53.3 Å². The molecule has 0 atom stereocenters. The van der Waals surface area contributed by atoms with Gasteiger partial charge in [0.15, 0.2) is 0 Å². The summed E-state index contributed by atoms with van der Waals surface area (Å²) >= 11 is 6.24. The number of nitrogen functional groups attached to an aromatic ring is 1. The van der Waals surface area contributed by atoms with Crippen LogP contribution < -0.4 is 21.9 Å². The molecule has 0 saturated carbocycles. The van der Waals surface area contributed by atoms with Crippen molar-refractivity contribution in [2.75, 3.05) is 17.6 Å². The van der Waals surface area contributed by atoms with Crippen LogP contribution in [0.25, 0.3) is 11.8 Å². The lowest BCUT2D eigenvalue weighted by atomic mass is 9.88. The first kappa shape index (κ1) is 28.8. The molecule has 0 bridgehead atoms. The zero-order chi connectivity index (χ0) is 28.2. The number of nitrogens with two attached hydrogens (primary N) is 1. The van der Waals surface area contributed by atoms with Crippen molar-refractivity contribution >= 4 is 40.9 Å². The number of benzene rings is 2. The van der Waals surface area contributed by atoms with Crippen LogP contribution in [0.2, 0.25) is 5.02 Å². The summed E-state index contributed by atoms with van der Waals surface area (Å²) in [5, 5.41) is 6.06. The lowest BCUT2D eigenvalue weighted by molar-refractivity contribution is -0.118. The first-order valence-electron chi connectivity index (χ1n) is 12.5. The molecular weight excluding hydrogens is 502 g/mol. The molecule has 3 rings (SSSR count). The predicted molar refractivity (Wildman–Crippen MR) is 155 cm³/mol. The second kappa shape index (κ2) is 11.7. The number of aromatic nitrogens is 2. The lowest BCUT2D eigenvalue weighted by Crippen LogP contribution is -2.37. The van der Waals surface area contributed by atoms with Crippen molar-refractivity contribution in [3.63, 3.8) is 0 Å². The molecule has 0 fully saturated rings. The summed E-state index contributed by atoms with van der Waals surface area (Å²) in [6.45, 7) is 9.81. The van der Waals surface area contributed by atoms with Gasteiger partial charge in [0.25, 0.3) is 11.5 Å². The Morgan fingerprint density at radius 2 is 1.82 bits per heavy atom. The van der Waals surface area contributed by atoms with Crippen LogP contribution in [-0.2, 0) is 11.8 Å². The Morgan fingerprint density at radius 1 is 1.16 bits per heavy atom. The fraction of sp³-hybridized carbons (Fsp3) is 0.345. The number of anilines is 2. The second-order valence-electron chi connectivity index (χ2n) is 10.6. The van der Waals surface area contributed by atoms with Crippen molar-refractivity contribution in [2.24, 2.45) is 18.4 Å². The maximum atomic E-state index is 13.1. The second-order valence-corrected chi connectivity index (χ2v) is 11.0. The van der Waals surface area contributed by atoms with Gasteiger partial charge in [-0.3, -0.25) is 19.1 Å². The number of carbonyl (C=O) groups excluding carboxylic acids is 2. The molecule has 0 saturated heterocycles. The van der Waals surface area contributed by atoms with Gasteiger partial charge >= 0.3 is 0 Å². The largest absolute Gasteiger partial charge is 0.398 e. The summed E-state index contributed by atoms with van der Waals surface area (Å²) in [5.41, 5.74) is 8.22. The van der Waals surface area contributed by atoms with Crippen molar-refractivity contribution in [1.29, 1.82) is 0 Å². The highest BCUT2D eigenvalue weighted by Crippen LogP contribution is 2.26. The summed E-state index contributed by atoms with van der Waals surface area (Å²) in [6, 6.07) is 12.5. The fourth-order valence-electron chi connectivity index (χ4n) is 4.07. The van der Waals surface area contributed by atoms with Crippen LogP contribution in [0.4, 0.5) is 11.4 Å². The highest BCUT2D eigenvalue weighted by atomic mass is 35.5. The number of amides is 2. The third-order valence-electron chi connectivity index (χ3n) is 6.27. The van der Waals surface area contributed by atoms with E-state index in [0.29, 0.717) is 33.6 Å². The average Bonchev–Trinajstić information content (AvgIpc) is 3.05. The molecule has 38 heavy (non-hydrogen) atoms.